The number of nitrogens with zero attached hydrogens (tertiary/aromatic N) is 1. The van der Waals surface area contributed by atoms with E-state index in [0.29, 0.717) is 6.42 Å². The second-order valence-corrected chi connectivity index (χ2v) is 4.36. The van der Waals surface area contributed by atoms with Crippen LogP contribution in [0.5, 0.6) is 0 Å². The lowest BCUT2D eigenvalue weighted by atomic mass is 10.1. The van der Waals surface area contributed by atoms with Crippen LogP contribution in [0.3, 0.4) is 0 Å². The number of aliphatic hydroxyl groups is 1. The zero-order valence-electron chi connectivity index (χ0n) is 8.66. The van der Waals surface area contributed by atoms with Crippen LogP contribution in [0.15, 0.2) is 0 Å². The molecule has 0 aromatic heterocycles. The number of carbonyl (C=O) groups is 1. The molecule has 1 atom stereocenters. The van der Waals surface area contributed by atoms with Gasteiger partial charge in [-0.15, -0.1) is 0 Å². The van der Waals surface area contributed by atoms with Crippen LogP contribution in [-0.4, -0.2) is 54.5 Å². The number of quaternary nitrogens is 1. The van der Waals surface area contributed by atoms with Crippen LogP contribution in [0.1, 0.15) is 19.3 Å². The summed E-state index contributed by atoms with van der Waals surface area (Å²) in [6, 6.07) is 0. The molecule has 2 N–H and O–H groups in total. The second-order valence-electron chi connectivity index (χ2n) is 4.36. The Morgan fingerprint density at radius 1 is 1.31 bits per heavy atom. The van der Waals surface area contributed by atoms with E-state index >= 15 is 0 Å². The van der Waals surface area contributed by atoms with E-state index in [1.54, 1.807) is 0 Å². The van der Waals surface area contributed by atoms with E-state index in [9.17, 15) is 4.79 Å². The van der Waals surface area contributed by atoms with E-state index in [1.807, 2.05) is 0 Å². The monoisotopic (exact) mass is 190 g/mol. The molecule has 0 aromatic carbocycles. The first-order chi connectivity index (χ1) is 5.83. The molecule has 0 bridgehead atoms. The maximum Gasteiger partial charge on any atom is 0.332 e. The number of carboxylic acid groups (broad SMARTS) is 1. The zero-order chi connectivity index (χ0) is 10.5. The normalized spacial score (nSPS) is 14.2. The summed E-state index contributed by atoms with van der Waals surface area (Å²) in [6.07, 6.45) is 0.888. The summed E-state index contributed by atoms with van der Waals surface area (Å²) < 4.78 is 0.878. The van der Waals surface area contributed by atoms with Crippen LogP contribution in [-0.2, 0) is 4.79 Å². The van der Waals surface area contributed by atoms with Gasteiger partial charge in [0.2, 0.25) is 0 Å². The lowest BCUT2D eigenvalue weighted by molar-refractivity contribution is -0.870. The van der Waals surface area contributed by atoms with E-state index in [4.69, 9.17) is 10.2 Å². The number of hydrogen-bond acceptors (Lipinski definition) is 2. The highest BCUT2D eigenvalue weighted by Gasteiger charge is 2.13. The van der Waals surface area contributed by atoms with Crippen molar-refractivity contribution in [2.24, 2.45) is 0 Å². The zero-order valence-corrected chi connectivity index (χ0v) is 8.66. The summed E-state index contributed by atoms with van der Waals surface area (Å²) in [7, 11) is 6.27. The molecule has 0 saturated carbocycles. The first kappa shape index (κ1) is 12.4. The minimum absolute atomic E-state index is 0.356. The molecule has 0 fully saturated rings. The van der Waals surface area contributed by atoms with Crippen molar-refractivity contribution in [1.82, 2.24) is 0 Å². The summed E-state index contributed by atoms with van der Waals surface area (Å²) in [6.45, 7) is 1.01. The van der Waals surface area contributed by atoms with E-state index in [0.717, 1.165) is 23.9 Å². The summed E-state index contributed by atoms with van der Waals surface area (Å²) in [5.41, 5.74) is 0. The predicted molar refractivity (Wildman–Crippen MR) is 50.4 cm³/mol. The van der Waals surface area contributed by atoms with Gasteiger partial charge < -0.3 is 14.7 Å². The fourth-order valence-electron chi connectivity index (χ4n) is 1.05. The van der Waals surface area contributed by atoms with Crippen molar-refractivity contribution in [3.05, 3.63) is 0 Å². The molecule has 0 aliphatic carbocycles. The second kappa shape index (κ2) is 5.19. The average Bonchev–Trinajstić information content (AvgIpc) is 1.95. The Hall–Kier alpha value is -0.610. The number of unbranched alkanes of at least 4 members (excludes halogenated alkanes) is 1. The van der Waals surface area contributed by atoms with Gasteiger partial charge in [-0.25, -0.2) is 4.79 Å². The minimum Gasteiger partial charge on any atom is -0.479 e. The third-order valence-corrected chi connectivity index (χ3v) is 1.84. The molecule has 13 heavy (non-hydrogen) atoms. The molecular formula is C9H20NO3+. The van der Waals surface area contributed by atoms with Gasteiger partial charge in [-0.1, -0.05) is 0 Å². The Bertz CT molecular complexity index is 163. The molecule has 4 nitrogen and oxygen atoms in total. The van der Waals surface area contributed by atoms with Crippen LogP contribution < -0.4 is 0 Å². The summed E-state index contributed by atoms with van der Waals surface area (Å²) in [5, 5.41) is 17.3. The van der Waals surface area contributed by atoms with Crippen molar-refractivity contribution in [2.45, 2.75) is 25.4 Å². The molecule has 0 saturated heterocycles. The largest absolute Gasteiger partial charge is 0.479 e. The smallest absolute Gasteiger partial charge is 0.332 e. The third-order valence-electron chi connectivity index (χ3n) is 1.84. The highest BCUT2D eigenvalue weighted by Crippen LogP contribution is 2.03. The molecule has 0 amide bonds. The fourth-order valence-corrected chi connectivity index (χ4v) is 1.05. The number of aliphatic hydroxyl groups excluding tert-OH is 1. The van der Waals surface area contributed by atoms with Crippen LogP contribution >= 0.6 is 0 Å². The number of hydrogen-bond donors (Lipinski definition) is 2. The van der Waals surface area contributed by atoms with Crippen molar-refractivity contribution < 1.29 is 19.5 Å². The summed E-state index contributed by atoms with van der Waals surface area (Å²) >= 11 is 0. The average molecular weight is 190 g/mol. The minimum atomic E-state index is -1.19. The van der Waals surface area contributed by atoms with Crippen LogP contribution in [0.4, 0.5) is 0 Å². The van der Waals surface area contributed by atoms with E-state index in [2.05, 4.69) is 21.1 Å². The molecule has 0 aliphatic heterocycles. The van der Waals surface area contributed by atoms with Gasteiger partial charge in [0.05, 0.1) is 27.7 Å². The Balaban J connectivity index is 3.41. The topological polar surface area (TPSA) is 57.5 Å². The van der Waals surface area contributed by atoms with E-state index in [1.165, 1.54) is 0 Å². The van der Waals surface area contributed by atoms with Gasteiger partial charge in [-0.3, -0.25) is 0 Å². The highest BCUT2D eigenvalue weighted by molar-refractivity contribution is 5.71. The maximum absolute atomic E-state index is 10.2. The maximum atomic E-state index is 10.2. The van der Waals surface area contributed by atoms with Crippen LogP contribution in [0.25, 0.3) is 0 Å². The van der Waals surface area contributed by atoms with Gasteiger partial charge in [0, 0.05) is 0 Å². The molecule has 4 heteroatoms. The van der Waals surface area contributed by atoms with Crippen LogP contribution in [0.2, 0.25) is 0 Å². The fraction of sp³-hybridized carbons (Fsp3) is 0.889. The summed E-state index contributed by atoms with van der Waals surface area (Å²) in [5.74, 6) is -1.12. The molecule has 0 spiro atoms. The number of carboxylic acids is 1. The Morgan fingerprint density at radius 2 is 1.85 bits per heavy atom. The molecule has 78 valence electrons. The first-order valence-electron chi connectivity index (χ1n) is 4.54. The molecule has 0 unspecified atom stereocenters. The van der Waals surface area contributed by atoms with E-state index in [-0.39, 0.29) is 0 Å². The molecule has 0 radical (unpaired) electrons. The van der Waals surface area contributed by atoms with Gasteiger partial charge in [0.1, 0.15) is 0 Å². The third kappa shape index (κ3) is 7.74. The Labute approximate surface area is 79.4 Å². The van der Waals surface area contributed by atoms with Gasteiger partial charge in [0.25, 0.3) is 0 Å². The summed E-state index contributed by atoms with van der Waals surface area (Å²) in [4.78, 5) is 10.2. The van der Waals surface area contributed by atoms with Gasteiger partial charge in [-0.05, 0) is 19.3 Å². The SMILES string of the molecule is C[N+](C)(C)CCCC[C@@H](O)C(=O)O. The standard InChI is InChI=1S/C9H19NO3/c1-10(2,3)7-5-4-6-8(11)9(12)13/h8,11H,4-7H2,1-3H3/p+1/t8-/m1/s1. The molecule has 0 aliphatic rings. The predicted octanol–water partition coefficient (Wildman–Crippen LogP) is 0.308. The van der Waals surface area contributed by atoms with Crippen molar-refractivity contribution in [3.8, 4) is 0 Å². The molecule has 0 aromatic rings. The van der Waals surface area contributed by atoms with Gasteiger partial charge in [-0.2, -0.15) is 0 Å². The van der Waals surface area contributed by atoms with Crippen molar-refractivity contribution >= 4 is 5.97 Å². The van der Waals surface area contributed by atoms with Gasteiger partial charge in [0.15, 0.2) is 6.10 Å². The lowest BCUT2D eigenvalue weighted by Gasteiger charge is -2.23. The van der Waals surface area contributed by atoms with Crippen molar-refractivity contribution in [1.29, 1.82) is 0 Å². The van der Waals surface area contributed by atoms with Crippen molar-refractivity contribution in [3.63, 3.8) is 0 Å². The lowest BCUT2D eigenvalue weighted by Crippen LogP contribution is -2.35. The van der Waals surface area contributed by atoms with Crippen molar-refractivity contribution in [2.75, 3.05) is 27.7 Å². The molecule has 0 heterocycles. The number of rotatable bonds is 6. The van der Waals surface area contributed by atoms with Crippen LogP contribution in [0, 0.1) is 0 Å². The molecule has 0 rings (SSSR count). The Morgan fingerprint density at radius 3 is 2.23 bits per heavy atom. The van der Waals surface area contributed by atoms with E-state index < -0.39 is 12.1 Å². The molecular weight excluding hydrogens is 170 g/mol. The highest BCUT2D eigenvalue weighted by atomic mass is 16.4. The quantitative estimate of drug-likeness (QED) is 0.468. The Kier molecular flexibility index (Phi) is 4.95. The first-order valence-corrected chi connectivity index (χ1v) is 4.54. The number of aliphatic carboxylic acids is 1. The van der Waals surface area contributed by atoms with Gasteiger partial charge >= 0.3 is 5.97 Å².